The molecule has 3 rings (SSSR count). The van der Waals surface area contributed by atoms with E-state index in [0.717, 1.165) is 0 Å². The van der Waals surface area contributed by atoms with Crippen molar-refractivity contribution >= 4 is 33.5 Å². The molecule has 0 saturated carbocycles. The van der Waals surface area contributed by atoms with Gasteiger partial charge in [-0.05, 0) is 30.0 Å². The SMILES string of the molecule is C[S+](C)c1c([O-])c2cccnc2n(-c2cccc(Cl)c2)c1=O. The summed E-state index contributed by atoms with van der Waals surface area (Å²) in [5.41, 5.74) is 0.633. The van der Waals surface area contributed by atoms with Crippen LogP contribution < -0.4 is 10.7 Å². The number of aromatic nitrogens is 2. The molecule has 0 saturated heterocycles. The van der Waals surface area contributed by atoms with E-state index in [1.807, 2.05) is 12.5 Å². The topological polar surface area (TPSA) is 58.0 Å². The molecule has 0 atom stereocenters. The zero-order chi connectivity index (χ0) is 15.9. The van der Waals surface area contributed by atoms with E-state index in [1.54, 1.807) is 42.6 Å². The summed E-state index contributed by atoms with van der Waals surface area (Å²) in [4.78, 5) is 17.4. The molecule has 4 nitrogen and oxygen atoms in total. The van der Waals surface area contributed by atoms with Crippen molar-refractivity contribution in [3.05, 3.63) is 58.0 Å². The summed E-state index contributed by atoms with van der Waals surface area (Å²) in [5, 5.41) is 13.5. The molecule has 2 heterocycles. The highest BCUT2D eigenvalue weighted by Gasteiger charge is 2.22. The first kappa shape index (κ1) is 14.9. The second kappa shape index (κ2) is 5.66. The van der Waals surface area contributed by atoms with Gasteiger partial charge in [-0.1, -0.05) is 23.7 Å². The minimum absolute atomic E-state index is 0.236. The predicted molar refractivity (Wildman–Crippen MR) is 89.3 cm³/mol. The third kappa shape index (κ3) is 2.36. The molecule has 3 aromatic rings. The van der Waals surface area contributed by atoms with Crippen molar-refractivity contribution in [2.45, 2.75) is 4.90 Å². The number of hydrogen-bond donors (Lipinski definition) is 0. The Kier molecular flexibility index (Phi) is 3.85. The molecule has 0 unspecified atom stereocenters. The summed E-state index contributed by atoms with van der Waals surface area (Å²) < 4.78 is 1.46. The first-order valence-corrected chi connectivity index (χ1v) is 8.97. The van der Waals surface area contributed by atoms with Crippen LogP contribution in [0.25, 0.3) is 16.7 Å². The minimum atomic E-state index is -0.454. The largest absolute Gasteiger partial charge is 0.868 e. The van der Waals surface area contributed by atoms with Gasteiger partial charge in [0.15, 0.2) is 0 Å². The molecule has 0 radical (unpaired) electrons. The highest BCUT2D eigenvalue weighted by Crippen LogP contribution is 2.27. The molecule has 112 valence electrons. The lowest BCUT2D eigenvalue weighted by Crippen LogP contribution is -2.27. The van der Waals surface area contributed by atoms with Gasteiger partial charge in [-0.25, -0.2) is 4.98 Å². The van der Waals surface area contributed by atoms with Gasteiger partial charge in [0.2, 0.25) is 4.90 Å². The van der Waals surface area contributed by atoms with Crippen molar-refractivity contribution in [3.8, 4) is 11.4 Å². The fourth-order valence-electron chi connectivity index (χ4n) is 2.38. The predicted octanol–water partition coefficient (Wildman–Crippen LogP) is 2.35. The maximum Gasteiger partial charge on any atom is 0.311 e. The molecular formula is C16H13ClN2O2S. The van der Waals surface area contributed by atoms with E-state index in [9.17, 15) is 9.90 Å². The van der Waals surface area contributed by atoms with Crippen molar-refractivity contribution in [1.29, 1.82) is 0 Å². The molecule has 0 spiro atoms. The van der Waals surface area contributed by atoms with Crippen molar-refractivity contribution < 1.29 is 5.11 Å². The highest BCUT2D eigenvalue weighted by molar-refractivity contribution is 7.95. The summed E-state index contributed by atoms with van der Waals surface area (Å²) >= 11 is 6.04. The molecule has 0 aliphatic carbocycles. The van der Waals surface area contributed by atoms with Crippen LogP contribution in [0.4, 0.5) is 0 Å². The van der Waals surface area contributed by atoms with E-state index in [-0.39, 0.29) is 11.3 Å². The maximum atomic E-state index is 12.8. The van der Waals surface area contributed by atoms with E-state index in [1.165, 1.54) is 4.57 Å². The Morgan fingerprint density at radius 1 is 1.23 bits per heavy atom. The summed E-state index contributed by atoms with van der Waals surface area (Å²) in [5.74, 6) is -0.236. The Balaban J connectivity index is 2.51. The third-order valence-corrected chi connectivity index (χ3v) is 4.73. The van der Waals surface area contributed by atoms with Crippen molar-refractivity contribution in [3.63, 3.8) is 0 Å². The van der Waals surface area contributed by atoms with Crippen LogP contribution in [0.2, 0.25) is 5.02 Å². The van der Waals surface area contributed by atoms with Gasteiger partial charge in [0.1, 0.15) is 18.2 Å². The van der Waals surface area contributed by atoms with Gasteiger partial charge >= 0.3 is 5.56 Å². The van der Waals surface area contributed by atoms with E-state index in [2.05, 4.69) is 4.98 Å². The van der Waals surface area contributed by atoms with E-state index in [0.29, 0.717) is 26.6 Å². The van der Waals surface area contributed by atoms with Gasteiger partial charge < -0.3 is 5.11 Å². The van der Waals surface area contributed by atoms with Crippen molar-refractivity contribution in [1.82, 2.24) is 9.55 Å². The lowest BCUT2D eigenvalue weighted by atomic mass is 10.2. The minimum Gasteiger partial charge on any atom is -0.868 e. The van der Waals surface area contributed by atoms with E-state index >= 15 is 0 Å². The van der Waals surface area contributed by atoms with Crippen LogP contribution in [0.1, 0.15) is 0 Å². The number of rotatable bonds is 2. The summed E-state index contributed by atoms with van der Waals surface area (Å²) in [6.45, 7) is 0. The molecule has 22 heavy (non-hydrogen) atoms. The maximum absolute atomic E-state index is 12.8. The molecule has 0 aliphatic rings. The Labute approximate surface area is 135 Å². The van der Waals surface area contributed by atoms with Crippen LogP contribution in [-0.4, -0.2) is 22.1 Å². The zero-order valence-corrected chi connectivity index (χ0v) is 13.6. The molecular weight excluding hydrogens is 320 g/mol. The normalized spacial score (nSPS) is 11.3. The van der Waals surface area contributed by atoms with E-state index < -0.39 is 10.9 Å². The fourth-order valence-corrected chi connectivity index (χ4v) is 3.49. The average molecular weight is 333 g/mol. The second-order valence-corrected chi connectivity index (χ2v) is 7.45. The van der Waals surface area contributed by atoms with Gasteiger partial charge in [-0.2, -0.15) is 0 Å². The molecule has 2 aromatic heterocycles. The Morgan fingerprint density at radius 3 is 2.68 bits per heavy atom. The number of fused-ring (bicyclic) bond motifs is 1. The number of nitrogens with zero attached hydrogens (tertiary/aromatic N) is 2. The van der Waals surface area contributed by atoms with Crippen LogP contribution in [0.5, 0.6) is 5.75 Å². The van der Waals surface area contributed by atoms with Gasteiger partial charge in [0.05, 0.1) is 5.69 Å². The molecule has 0 amide bonds. The average Bonchev–Trinajstić information content (AvgIpc) is 2.47. The van der Waals surface area contributed by atoms with Gasteiger partial charge in [-0.15, -0.1) is 0 Å². The number of halogens is 1. The number of hydrogen-bond acceptors (Lipinski definition) is 3. The van der Waals surface area contributed by atoms with Crippen LogP contribution >= 0.6 is 11.6 Å². The first-order chi connectivity index (χ1) is 10.5. The standard InChI is InChI=1S/C16H13ClN2O2S/c1-22(2)14-13(20)12-7-4-8-18-15(12)19(16(14)21)11-6-3-5-10(17)9-11/h3-9H,1-2H3. The molecule has 1 aromatic carbocycles. The quantitative estimate of drug-likeness (QED) is 0.677. The molecule has 0 bridgehead atoms. The molecule has 0 aliphatic heterocycles. The fraction of sp³-hybridized carbons (Fsp3) is 0.125. The highest BCUT2D eigenvalue weighted by atomic mass is 35.5. The summed E-state index contributed by atoms with van der Waals surface area (Å²) in [6, 6.07) is 10.4. The third-order valence-electron chi connectivity index (χ3n) is 3.32. The molecule has 0 N–H and O–H groups in total. The second-order valence-electron chi connectivity index (χ2n) is 4.97. The van der Waals surface area contributed by atoms with Crippen LogP contribution in [0.15, 0.2) is 52.3 Å². The molecule has 6 heteroatoms. The van der Waals surface area contributed by atoms with Crippen molar-refractivity contribution in [2.24, 2.45) is 0 Å². The zero-order valence-electron chi connectivity index (χ0n) is 12.0. The Hall–Kier alpha value is -1.98. The van der Waals surface area contributed by atoms with E-state index in [4.69, 9.17) is 11.6 Å². The first-order valence-electron chi connectivity index (χ1n) is 6.55. The summed E-state index contributed by atoms with van der Waals surface area (Å²) in [6.07, 6.45) is 5.30. The number of benzene rings is 1. The van der Waals surface area contributed by atoms with Gasteiger partial charge in [0, 0.05) is 27.5 Å². The van der Waals surface area contributed by atoms with Crippen molar-refractivity contribution in [2.75, 3.05) is 12.5 Å². The van der Waals surface area contributed by atoms with Gasteiger partial charge in [-0.3, -0.25) is 9.36 Å². The van der Waals surface area contributed by atoms with Gasteiger partial charge in [0.25, 0.3) is 0 Å². The molecule has 0 fully saturated rings. The Bertz CT molecular complexity index is 922. The van der Waals surface area contributed by atoms with Crippen LogP contribution in [0, 0.1) is 0 Å². The number of pyridine rings is 2. The lowest BCUT2D eigenvalue weighted by Gasteiger charge is -2.17. The van der Waals surface area contributed by atoms with Crippen LogP contribution in [0.3, 0.4) is 0 Å². The lowest BCUT2D eigenvalue weighted by molar-refractivity contribution is -0.270. The van der Waals surface area contributed by atoms with Crippen LogP contribution in [-0.2, 0) is 10.9 Å². The summed E-state index contributed by atoms with van der Waals surface area (Å²) in [7, 11) is -0.454. The smallest absolute Gasteiger partial charge is 0.311 e. The Morgan fingerprint density at radius 2 is 2.00 bits per heavy atom. The monoisotopic (exact) mass is 332 g/mol.